The van der Waals surface area contributed by atoms with Crippen LogP contribution in [0.4, 0.5) is 18.9 Å². The summed E-state index contributed by atoms with van der Waals surface area (Å²) in [5.74, 6) is -5.73. The van der Waals surface area contributed by atoms with Crippen molar-refractivity contribution in [2.75, 3.05) is 17.6 Å². The smallest absolute Gasteiger partial charge is 0.243 e. The van der Waals surface area contributed by atoms with Gasteiger partial charge in [0.15, 0.2) is 17.5 Å². The second-order valence-corrected chi connectivity index (χ2v) is 7.35. The first-order chi connectivity index (χ1) is 13.9. The van der Waals surface area contributed by atoms with E-state index in [1.165, 1.54) is 11.8 Å². The predicted molar refractivity (Wildman–Crippen MR) is 108 cm³/mol. The molecule has 2 N–H and O–H groups in total. The molecule has 0 heterocycles. The fourth-order valence-electron chi connectivity index (χ4n) is 2.57. The Morgan fingerprint density at radius 2 is 1.66 bits per heavy atom. The van der Waals surface area contributed by atoms with E-state index in [0.717, 1.165) is 21.7 Å². The van der Waals surface area contributed by atoms with Crippen LogP contribution in [0.15, 0.2) is 53.4 Å². The van der Waals surface area contributed by atoms with Gasteiger partial charge < -0.3 is 10.6 Å². The Morgan fingerprint density at radius 3 is 2.41 bits per heavy atom. The molecule has 0 aliphatic carbocycles. The van der Waals surface area contributed by atoms with E-state index in [4.69, 9.17) is 11.6 Å². The van der Waals surface area contributed by atoms with Crippen LogP contribution in [0.1, 0.15) is 0 Å². The summed E-state index contributed by atoms with van der Waals surface area (Å²) in [5, 5.41) is 6.81. The monoisotopic (exact) mass is 438 g/mol. The zero-order chi connectivity index (χ0) is 21.0. The van der Waals surface area contributed by atoms with Crippen LogP contribution in [0.5, 0.6) is 0 Å². The van der Waals surface area contributed by atoms with Gasteiger partial charge in [-0.25, -0.2) is 13.2 Å². The lowest BCUT2D eigenvalue weighted by molar-refractivity contribution is -0.122. The molecule has 3 aromatic rings. The second-order valence-electron chi connectivity index (χ2n) is 5.93. The van der Waals surface area contributed by atoms with Gasteiger partial charge in [-0.05, 0) is 29.7 Å². The minimum Gasteiger partial charge on any atom is -0.346 e. The maximum absolute atomic E-state index is 13.6. The number of rotatable bonds is 6. The zero-order valence-corrected chi connectivity index (χ0v) is 16.3. The summed E-state index contributed by atoms with van der Waals surface area (Å²) in [5.41, 5.74) is -0.511. The van der Waals surface area contributed by atoms with Crippen LogP contribution in [0.2, 0.25) is 5.02 Å². The third kappa shape index (κ3) is 5.02. The number of carbonyl (C=O) groups is 2. The Kier molecular flexibility index (Phi) is 6.66. The minimum atomic E-state index is -1.68. The van der Waals surface area contributed by atoms with Gasteiger partial charge in [0.05, 0.1) is 18.0 Å². The third-order valence-corrected chi connectivity index (χ3v) is 5.30. The highest BCUT2D eigenvalue weighted by Gasteiger charge is 2.16. The van der Waals surface area contributed by atoms with E-state index in [1.54, 1.807) is 6.07 Å². The molecular formula is C20H14ClF3N2O2S. The normalized spacial score (nSPS) is 10.8. The van der Waals surface area contributed by atoms with Gasteiger partial charge in [0.1, 0.15) is 0 Å². The van der Waals surface area contributed by atoms with Crippen molar-refractivity contribution in [3.05, 3.63) is 71.0 Å². The Hall–Kier alpha value is -2.71. The topological polar surface area (TPSA) is 58.2 Å². The van der Waals surface area contributed by atoms with Crippen molar-refractivity contribution in [3.63, 3.8) is 0 Å². The molecule has 3 aromatic carbocycles. The molecule has 150 valence electrons. The highest BCUT2D eigenvalue weighted by molar-refractivity contribution is 8.00. The molecule has 0 saturated heterocycles. The summed E-state index contributed by atoms with van der Waals surface area (Å²) in [6, 6.07) is 12.7. The van der Waals surface area contributed by atoms with E-state index in [2.05, 4.69) is 10.6 Å². The lowest BCUT2D eigenvalue weighted by Crippen LogP contribution is -2.34. The molecule has 0 bridgehead atoms. The number of thioether (sulfide) groups is 1. The average molecular weight is 439 g/mol. The first-order valence-electron chi connectivity index (χ1n) is 8.37. The minimum absolute atomic E-state index is 0.0250. The van der Waals surface area contributed by atoms with Crippen molar-refractivity contribution in [2.24, 2.45) is 0 Å². The number of carbonyl (C=O) groups excluding carboxylic acids is 2. The van der Waals surface area contributed by atoms with Gasteiger partial charge in [-0.3, -0.25) is 9.59 Å². The average Bonchev–Trinajstić information content (AvgIpc) is 2.71. The molecule has 0 radical (unpaired) electrons. The van der Waals surface area contributed by atoms with Crippen molar-refractivity contribution in [2.45, 2.75) is 4.90 Å². The van der Waals surface area contributed by atoms with E-state index < -0.39 is 41.5 Å². The SMILES string of the molecule is O=C(CSc1cccc2cccc(Cl)c12)NCC(=O)Nc1ccc(F)c(F)c1F. The van der Waals surface area contributed by atoms with Crippen LogP contribution in [0, 0.1) is 17.5 Å². The number of nitrogens with one attached hydrogen (secondary N) is 2. The summed E-state index contributed by atoms with van der Waals surface area (Å²) >= 11 is 7.50. The predicted octanol–water partition coefficient (Wildman–Crippen LogP) is 4.76. The highest BCUT2D eigenvalue weighted by Crippen LogP contribution is 2.33. The molecule has 9 heteroatoms. The Balaban J connectivity index is 1.54. The Morgan fingerprint density at radius 1 is 0.931 bits per heavy atom. The summed E-state index contributed by atoms with van der Waals surface area (Å²) in [7, 11) is 0. The Bertz CT molecular complexity index is 1090. The molecule has 0 atom stereocenters. The molecule has 0 aliphatic heterocycles. The quantitative estimate of drug-likeness (QED) is 0.431. The third-order valence-electron chi connectivity index (χ3n) is 3.93. The highest BCUT2D eigenvalue weighted by atomic mass is 35.5. The van der Waals surface area contributed by atoms with Crippen molar-refractivity contribution >= 4 is 51.6 Å². The standard InChI is InChI=1S/C20H14ClF3N2O2S/c21-12-5-1-3-11-4-2-6-15(18(11)12)29-10-17(28)25-9-16(27)26-14-8-7-13(22)19(23)20(14)24/h1-8H,9-10H2,(H,25,28)(H,26,27). The summed E-state index contributed by atoms with van der Waals surface area (Å²) in [4.78, 5) is 24.7. The lowest BCUT2D eigenvalue weighted by atomic mass is 10.1. The Labute approximate surface area is 173 Å². The number of hydrogen-bond acceptors (Lipinski definition) is 3. The number of anilines is 1. The van der Waals surface area contributed by atoms with Gasteiger partial charge in [0.25, 0.3) is 0 Å². The van der Waals surface area contributed by atoms with Gasteiger partial charge >= 0.3 is 0 Å². The molecule has 29 heavy (non-hydrogen) atoms. The summed E-state index contributed by atoms with van der Waals surface area (Å²) in [6.45, 7) is -0.450. The number of amides is 2. The maximum atomic E-state index is 13.6. The van der Waals surface area contributed by atoms with E-state index in [1.807, 2.05) is 30.3 Å². The van der Waals surface area contributed by atoms with Crippen LogP contribution < -0.4 is 10.6 Å². The van der Waals surface area contributed by atoms with Gasteiger partial charge in [0, 0.05) is 15.3 Å². The van der Waals surface area contributed by atoms with Gasteiger partial charge in [-0.15, -0.1) is 11.8 Å². The second kappa shape index (κ2) is 9.19. The van der Waals surface area contributed by atoms with E-state index in [-0.39, 0.29) is 5.75 Å². The fraction of sp³-hybridized carbons (Fsp3) is 0.100. The molecule has 4 nitrogen and oxygen atoms in total. The largest absolute Gasteiger partial charge is 0.346 e. The molecular weight excluding hydrogens is 425 g/mol. The number of fused-ring (bicyclic) bond motifs is 1. The maximum Gasteiger partial charge on any atom is 0.243 e. The molecule has 0 aliphatic rings. The molecule has 2 amide bonds. The van der Waals surface area contributed by atoms with Crippen LogP contribution in [0.3, 0.4) is 0 Å². The number of hydrogen-bond donors (Lipinski definition) is 2. The summed E-state index contributed by atoms with van der Waals surface area (Å²) < 4.78 is 39.6. The van der Waals surface area contributed by atoms with Crippen molar-refractivity contribution in [1.82, 2.24) is 5.32 Å². The molecule has 0 unspecified atom stereocenters. The van der Waals surface area contributed by atoms with Crippen LogP contribution in [-0.4, -0.2) is 24.1 Å². The van der Waals surface area contributed by atoms with Gasteiger partial charge in [0.2, 0.25) is 11.8 Å². The van der Waals surface area contributed by atoms with Crippen molar-refractivity contribution in [1.29, 1.82) is 0 Å². The lowest BCUT2D eigenvalue weighted by Gasteiger charge is -2.10. The molecule has 0 fully saturated rings. The van der Waals surface area contributed by atoms with Crippen LogP contribution in [0.25, 0.3) is 10.8 Å². The number of halogens is 4. The fourth-order valence-corrected chi connectivity index (χ4v) is 3.85. The van der Waals surface area contributed by atoms with Gasteiger partial charge in [-0.2, -0.15) is 0 Å². The number of benzene rings is 3. The van der Waals surface area contributed by atoms with Crippen molar-refractivity contribution < 1.29 is 22.8 Å². The zero-order valence-electron chi connectivity index (χ0n) is 14.8. The van der Waals surface area contributed by atoms with Gasteiger partial charge in [-0.1, -0.05) is 35.9 Å². The molecule has 0 saturated carbocycles. The van der Waals surface area contributed by atoms with E-state index >= 15 is 0 Å². The van der Waals surface area contributed by atoms with Crippen LogP contribution >= 0.6 is 23.4 Å². The van der Waals surface area contributed by atoms with E-state index in [9.17, 15) is 22.8 Å². The van der Waals surface area contributed by atoms with Crippen LogP contribution in [-0.2, 0) is 9.59 Å². The van der Waals surface area contributed by atoms with E-state index in [0.29, 0.717) is 11.1 Å². The van der Waals surface area contributed by atoms with Crippen molar-refractivity contribution in [3.8, 4) is 0 Å². The molecule has 0 spiro atoms. The first kappa shape index (κ1) is 21.0. The first-order valence-corrected chi connectivity index (χ1v) is 9.73. The molecule has 0 aromatic heterocycles. The summed E-state index contributed by atoms with van der Waals surface area (Å²) in [6.07, 6.45) is 0. The molecule has 3 rings (SSSR count).